The molecule has 0 atom stereocenters. The number of hydrogen-bond donors (Lipinski definition) is 0. The number of hydrogen-bond acceptors (Lipinski definition) is 3. The van der Waals surface area contributed by atoms with Crippen LogP contribution in [-0.2, 0) is 13.6 Å². The van der Waals surface area contributed by atoms with Crippen LogP contribution < -0.4 is 0 Å². The third kappa shape index (κ3) is 2.29. The molecule has 0 aliphatic rings. The fraction of sp³-hybridized carbons (Fsp3) is 0.0952. The van der Waals surface area contributed by atoms with Crippen LogP contribution in [0.3, 0.4) is 0 Å². The van der Waals surface area contributed by atoms with Gasteiger partial charge in [0.1, 0.15) is 0 Å². The van der Waals surface area contributed by atoms with E-state index in [1.54, 1.807) is 4.68 Å². The molecule has 3 aromatic carbocycles. The maximum absolute atomic E-state index is 4.15. The zero-order chi connectivity index (χ0) is 17.5. The lowest BCUT2D eigenvalue weighted by atomic mass is 10.1. The van der Waals surface area contributed by atoms with Crippen LogP contribution in [0.4, 0.5) is 0 Å². The fourth-order valence-electron chi connectivity index (χ4n) is 3.60. The predicted octanol–water partition coefficient (Wildman–Crippen LogP) is 4.03. The molecule has 0 saturated carbocycles. The Hall–Kier alpha value is -3.47. The highest BCUT2D eigenvalue weighted by atomic mass is 15.5. The Labute approximate surface area is 150 Å². The normalized spacial score (nSPS) is 11.4. The zero-order valence-corrected chi connectivity index (χ0v) is 14.4. The van der Waals surface area contributed by atoms with Gasteiger partial charge in [-0.25, -0.2) is 4.68 Å². The SMILES string of the molecule is Cn1nnnc1-c1ccc2c3ccccc3n(Cc3ccccc3)c2c1. The minimum Gasteiger partial charge on any atom is -0.336 e. The molecule has 5 nitrogen and oxygen atoms in total. The van der Waals surface area contributed by atoms with E-state index in [1.807, 2.05) is 7.05 Å². The molecule has 0 unspecified atom stereocenters. The van der Waals surface area contributed by atoms with E-state index in [0.29, 0.717) is 0 Å². The molecule has 0 N–H and O–H groups in total. The molecule has 2 aromatic heterocycles. The van der Waals surface area contributed by atoms with E-state index in [1.165, 1.54) is 27.4 Å². The molecule has 5 rings (SSSR count). The van der Waals surface area contributed by atoms with Crippen molar-refractivity contribution in [2.24, 2.45) is 7.05 Å². The van der Waals surface area contributed by atoms with Crippen molar-refractivity contribution in [3.8, 4) is 11.4 Å². The van der Waals surface area contributed by atoms with E-state index in [-0.39, 0.29) is 0 Å². The summed E-state index contributed by atoms with van der Waals surface area (Å²) in [6.07, 6.45) is 0. The van der Waals surface area contributed by atoms with Crippen LogP contribution in [0.1, 0.15) is 5.56 Å². The molecule has 126 valence electrons. The largest absolute Gasteiger partial charge is 0.336 e. The summed E-state index contributed by atoms with van der Waals surface area (Å²) in [5.41, 5.74) is 4.72. The van der Waals surface area contributed by atoms with Crippen LogP contribution in [0, 0.1) is 0 Å². The maximum Gasteiger partial charge on any atom is 0.181 e. The number of benzene rings is 3. The second-order valence-electron chi connectivity index (χ2n) is 6.45. The van der Waals surface area contributed by atoms with Crippen molar-refractivity contribution < 1.29 is 0 Å². The number of rotatable bonds is 3. The number of nitrogens with zero attached hydrogens (tertiary/aromatic N) is 5. The summed E-state index contributed by atoms with van der Waals surface area (Å²) >= 11 is 0. The summed E-state index contributed by atoms with van der Waals surface area (Å²) in [6, 6.07) is 25.5. The smallest absolute Gasteiger partial charge is 0.181 e. The van der Waals surface area contributed by atoms with Crippen molar-refractivity contribution in [3.05, 3.63) is 78.4 Å². The minimum absolute atomic E-state index is 0.767. The molecule has 0 aliphatic carbocycles. The van der Waals surface area contributed by atoms with Crippen molar-refractivity contribution in [2.75, 3.05) is 0 Å². The predicted molar refractivity (Wildman–Crippen MR) is 103 cm³/mol. The lowest BCUT2D eigenvalue weighted by molar-refractivity contribution is 0.714. The van der Waals surface area contributed by atoms with Crippen LogP contribution in [-0.4, -0.2) is 24.8 Å². The van der Waals surface area contributed by atoms with Gasteiger partial charge in [-0.2, -0.15) is 0 Å². The van der Waals surface area contributed by atoms with Crippen molar-refractivity contribution in [1.29, 1.82) is 0 Å². The summed E-state index contributed by atoms with van der Waals surface area (Å²) in [5.74, 6) is 0.767. The average Bonchev–Trinajstić information content (AvgIpc) is 3.24. The molecule has 0 bridgehead atoms. The van der Waals surface area contributed by atoms with Gasteiger partial charge in [-0.05, 0) is 28.1 Å². The van der Waals surface area contributed by atoms with E-state index >= 15 is 0 Å². The monoisotopic (exact) mass is 339 g/mol. The van der Waals surface area contributed by atoms with Crippen molar-refractivity contribution in [2.45, 2.75) is 6.54 Å². The van der Waals surface area contributed by atoms with Gasteiger partial charge in [0.15, 0.2) is 5.82 Å². The average molecular weight is 339 g/mol. The summed E-state index contributed by atoms with van der Waals surface area (Å²) < 4.78 is 4.07. The van der Waals surface area contributed by atoms with Crippen molar-refractivity contribution in [1.82, 2.24) is 24.8 Å². The molecule has 0 fully saturated rings. The van der Waals surface area contributed by atoms with Crippen LogP contribution in [0.15, 0.2) is 72.8 Å². The van der Waals surface area contributed by atoms with E-state index in [2.05, 4.69) is 92.9 Å². The zero-order valence-electron chi connectivity index (χ0n) is 14.4. The third-order valence-corrected chi connectivity index (χ3v) is 4.84. The molecule has 5 heteroatoms. The van der Waals surface area contributed by atoms with Gasteiger partial charge in [0, 0.05) is 35.4 Å². The quantitative estimate of drug-likeness (QED) is 0.498. The van der Waals surface area contributed by atoms with Crippen molar-refractivity contribution in [3.63, 3.8) is 0 Å². The number of tetrazole rings is 1. The summed E-state index contributed by atoms with van der Waals surface area (Å²) in [4.78, 5) is 0. The number of aryl methyl sites for hydroxylation is 1. The minimum atomic E-state index is 0.767. The Kier molecular flexibility index (Phi) is 3.31. The van der Waals surface area contributed by atoms with E-state index in [0.717, 1.165) is 17.9 Å². The van der Waals surface area contributed by atoms with E-state index in [9.17, 15) is 0 Å². The lowest BCUT2D eigenvalue weighted by Crippen LogP contribution is -1.99. The first-order chi connectivity index (χ1) is 12.8. The standard InChI is InChI=1S/C21H17N5/c1-25-21(22-23-24-25)16-11-12-18-17-9-5-6-10-19(17)26(20(18)13-16)14-15-7-3-2-4-8-15/h2-13H,14H2,1H3. The highest BCUT2D eigenvalue weighted by molar-refractivity contribution is 6.09. The van der Waals surface area contributed by atoms with Gasteiger partial charge in [0.25, 0.3) is 0 Å². The number of para-hydroxylation sites is 1. The third-order valence-electron chi connectivity index (χ3n) is 4.84. The fourth-order valence-corrected chi connectivity index (χ4v) is 3.60. The Morgan fingerprint density at radius 1 is 0.808 bits per heavy atom. The molecular formula is C21H17N5. The van der Waals surface area contributed by atoms with Crippen molar-refractivity contribution >= 4 is 21.8 Å². The van der Waals surface area contributed by atoms with Gasteiger partial charge < -0.3 is 4.57 Å². The first-order valence-corrected chi connectivity index (χ1v) is 8.59. The molecule has 2 heterocycles. The molecular weight excluding hydrogens is 322 g/mol. The van der Waals surface area contributed by atoms with Gasteiger partial charge in [-0.3, -0.25) is 0 Å². The molecule has 0 amide bonds. The Balaban J connectivity index is 1.78. The van der Waals surface area contributed by atoms with Gasteiger partial charge in [-0.15, -0.1) is 5.10 Å². The van der Waals surface area contributed by atoms with E-state index in [4.69, 9.17) is 0 Å². The van der Waals surface area contributed by atoms with E-state index < -0.39 is 0 Å². The second kappa shape index (κ2) is 5.81. The highest BCUT2D eigenvalue weighted by Gasteiger charge is 2.13. The molecule has 0 spiro atoms. The summed E-state index contributed by atoms with van der Waals surface area (Å²) in [6.45, 7) is 0.825. The second-order valence-corrected chi connectivity index (χ2v) is 6.45. The molecule has 0 aliphatic heterocycles. The number of aromatic nitrogens is 5. The van der Waals surface area contributed by atoms with Crippen LogP contribution in [0.5, 0.6) is 0 Å². The van der Waals surface area contributed by atoms with Gasteiger partial charge >= 0.3 is 0 Å². The highest BCUT2D eigenvalue weighted by Crippen LogP contribution is 2.32. The van der Waals surface area contributed by atoms with Crippen LogP contribution in [0.2, 0.25) is 0 Å². The van der Waals surface area contributed by atoms with Gasteiger partial charge in [-0.1, -0.05) is 60.7 Å². The maximum atomic E-state index is 4.15. The molecule has 0 saturated heterocycles. The van der Waals surface area contributed by atoms with Gasteiger partial charge in [0.05, 0.1) is 5.52 Å². The van der Waals surface area contributed by atoms with Gasteiger partial charge in [0.2, 0.25) is 0 Å². The van der Waals surface area contributed by atoms with Crippen LogP contribution >= 0.6 is 0 Å². The Bertz CT molecular complexity index is 1220. The first-order valence-electron chi connectivity index (χ1n) is 8.59. The Morgan fingerprint density at radius 2 is 1.58 bits per heavy atom. The molecule has 0 radical (unpaired) electrons. The topological polar surface area (TPSA) is 48.5 Å². The lowest BCUT2D eigenvalue weighted by Gasteiger charge is -2.08. The number of fused-ring (bicyclic) bond motifs is 3. The first kappa shape index (κ1) is 14.8. The molecule has 5 aromatic rings. The summed E-state index contributed by atoms with van der Waals surface area (Å²) in [7, 11) is 1.86. The summed E-state index contributed by atoms with van der Waals surface area (Å²) in [5, 5.41) is 14.4. The molecule has 26 heavy (non-hydrogen) atoms. The van der Waals surface area contributed by atoms with Crippen LogP contribution in [0.25, 0.3) is 33.2 Å². The Morgan fingerprint density at radius 3 is 2.38 bits per heavy atom.